The first kappa shape index (κ1) is 19.6. The molecule has 0 amide bonds. The Bertz CT molecular complexity index is 788. The van der Waals surface area contributed by atoms with E-state index in [1.165, 1.54) is 11.1 Å². The molecule has 1 fully saturated rings. The van der Waals surface area contributed by atoms with Crippen molar-refractivity contribution in [3.8, 4) is 5.75 Å². The second-order valence-electron chi connectivity index (χ2n) is 7.14. The lowest BCUT2D eigenvalue weighted by Gasteiger charge is -2.29. The number of rotatable bonds is 6. The predicted octanol–water partition coefficient (Wildman–Crippen LogP) is 4.69. The van der Waals surface area contributed by atoms with E-state index in [0.29, 0.717) is 5.11 Å². The van der Waals surface area contributed by atoms with Crippen LogP contribution in [-0.4, -0.2) is 36.4 Å². The number of thiocarbonyl (C=S) groups is 1. The molecule has 144 valence electrons. The highest BCUT2D eigenvalue weighted by atomic mass is 32.1. The van der Waals surface area contributed by atoms with E-state index < -0.39 is 0 Å². The minimum absolute atomic E-state index is 0.231. The van der Waals surface area contributed by atoms with Crippen LogP contribution in [0.3, 0.4) is 0 Å². The monoisotopic (exact) mass is 384 g/mol. The molecule has 1 saturated heterocycles. The maximum atomic E-state index is 5.85. The van der Waals surface area contributed by atoms with E-state index >= 15 is 0 Å². The number of hydrogen-bond donors (Lipinski definition) is 1. The summed E-state index contributed by atoms with van der Waals surface area (Å²) in [4.78, 5) is 2.19. The molecule has 5 heteroatoms. The molecule has 2 aromatic rings. The maximum absolute atomic E-state index is 5.85. The Morgan fingerprint density at radius 3 is 2.74 bits per heavy atom. The Balaban J connectivity index is 1.77. The summed E-state index contributed by atoms with van der Waals surface area (Å²) >= 11 is 5.77. The molecular formula is C22H28N2O2S. The van der Waals surface area contributed by atoms with Crippen molar-refractivity contribution >= 4 is 23.0 Å². The number of hydrogen-bond acceptors (Lipinski definition) is 3. The van der Waals surface area contributed by atoms with Crippen LogP contribution < -0.4 is 10.1 Å². The third-order valence-electron chi connectivity index (χ3n) is 4.79. The number of nitrogens with one attached hydrogen (secondary N) is 1. The highest BCUT2D eigenvalue weighted by Crippen LogP contribution is 2.26. The Hall–Kier alpha value is -2.11. The van der Waals surface area contributed by atoms with Crippen LogP contribution in [0.1, 0.15) is 29.5 Å². The first-order valence-corrected chi connectivity index (χ1v) is 9.83. The van der Waals surface area contributed by atoms with Crippen molar-refractivity contribution in [3.05, 3.63) is 59.2 Å². The Labute approximate surface area is 167 Å². The number of nitrogens with zero attached hydrogens (tertiary/aromatic N) is 1. The van der Waals surface area contributed by atoms with Gasteiger partial charge >= 0.3 is 0 Å². The van der Waals surface area contributed by atoms with E-state index in [1.54, 1.807) is 7.11 Å². The van der Waals surface area contributed by atoms with Crippen LogP contribution in [0.2, 0.25) is 0 Å². The summed E-state index contributed by atoms with van der Waals surface area (Å²) in [7, 11) is 1.68. The minimum atomic E-state index is 0.231. The van der Waals surface area contributed by atoms with E-state index in [2.05, 4.69) is 47.5 Å². The van der Waals surface area contributed by atoms with Gasteiger partial charge in [0.05, 0.1) is 18.9 Å². The predicted molar refractivity (Wildman–Crippen MR) is 115 cm³/mol. The lowest BCUT2D eigenvalue weighted by Crippen LogP contribution is -2.39. The molecule has 1 aliphatic heterocycles. The highest BCUT2D eigenvalue weighted by molar-refractivity contribution is 7.80. The lowest BCUT2D eigenvalue weighted by atomic mass is 10.1. The fourth-order valence-electron chi connectivity index (χ4n) is 3.38. The van der Waals surface area contributed by atoms with Gasteiger partial charge in [-0.1, -0.05) is 35.9 Å². The van der Waals surface area contributed by atoms with Gasteiger partial charge in [-0.2, -0.15) is 0 Å². The maximum Gasteiger partial charge on any atom is 0.173 e. The van der Waals surface area contributed by atoms with Crippen LogP contribution in [0.25, 0.3) is 0 Å². The van der Waals surface area contributed by atoms with Crippen molar-refractivity contribution in [2.24, 2.45) is 0 Å². The topological polar surface area (TPSA) is 33.7 Å². The molecule has 0 aliphatic carbocycles. The molecule has 1 atom stereocenters. The molecule has 4 nitrogen and oxygen atoms in total. The zero-order valence-electron chi connectivity index (χ0n) is 16.3. The summed E-state index contributed by atoms with van der Waals surface area (Å²) < 4.78 is 11.4. The summed E-state index contributed by atoms with van der Waals surface area (Å²) in [5.41, 5.74) is 4.53. The van der Waals surface area contributed by atoms with Crippen molar-refractivity contribution in [2.45, 2.75) is 39.3 Å². The molecule has 0 spiro atoms. The van der Waals surface area contributed by atoms with Gasteiger partial charge in [0.1, 0.15) is 5.75 Å². The van der Waals surface area contributed by atoms with Crippen molar-refractivity contribution in [1.29, 1.82) is 0 Å². The van der Waals surface area contributed by atoms with Crippen molar-refractivity contribution < 1.29 is 9.47 Å². The van der Waals surface area contributed by atoms with Crippen LogP contribution in [-0.2, 0) is 11.3 Å². The van der Waals surface area contributed by atoms with Crippen molar-refractivity contribution in [3.63, 3.8) is 0 Å². The molecule has 0 bridgehead atoms. The zero-order chi connectivity index (χ0) is 19.2. The van der Waals surface area contributed by atoms with E-state index in [9.17, 15) is 0 Å². The second-order valence-corrected chi connectivity index (χ2v) is 7.53. The molecular weight excluding hydrogens is 356 g/mol. The normalized spacial score (nSPS) is 16.2. The van der Waals surface area contributed by atoms with E-state index in [1.807, 2.05) is 19.1 Å². The molecule has 0 saturated carbocycles. The second kappa shape index (κ2) is 9.20. The number of ether oxygens (including phenoxy) is 2. The summed E-state index contributed by atoms with van der Waals surface area (Å²) in [6, 6.07) is 14.6. The summed E-state index contributed by atoms with van der Waals surface area (Å²) in [6.45, 7) is 6.54. The quantitative estimate of drug-likeness (QED) is 0.731. The Morgan fingerprint density at radius 2 is 2.04 bits per heavy atom. The SMILES string of the molecule is COc1cc(C)ccc1NC(=S)N(Cc1cccc(C)c1)CC1CCCO1. The molecule has 3 rings (SSSR count). The standard InChI is InChI=1S/C22H28N2O2S/c1-16-6-4-7-18(12-16)14-24(15-19-8-5-11-26-19)22(27)23-20-10-9-17(2)13-21(20)25-3/h4,6-7,9-10,12-13,19H,5,8,11,14-15H2,1-3H3,(H,23,27). The number of methoxy groups -OCH3 is 1. The van der Waals surface area contributed by atoms with Crippen LogP contribution in [0.15, 0.2) is 42.5 Å². The number of aryl methyl sites for hydroxylation is 2. The molecule has 27 heavy (non-hydrogen) atoms. The molecule has 1 aliphatic rings. The van der Waals surface area contributed by atoms with Gasteiger partial charge in [0, 0.05) is 19.7 Å². The average molecular weight is 385 g/mol. The third kappa shape index (κ3) is 5.44. The first-order chi connectivity index (χ1) is 13.0. The van der Waals surface area contributed by atoms with Crippen molar-refractivity contribution in [1.82, 2.24) is 4.90 Å². The fraction of sp³-hybridized carbons (Fsp3) is 0.409. The first-order valence-electron chi connectivity index (χ1n) is 9.43. The van der Waals surface area contributed by atoms with E-state index in [4.69, 9.17) is 21.7 Å². The smallest absolute Gasteiger partial charge is 0.173 e. The number of anilines is 1. The largest absolute Gasteiger partial charge is 0.495 e. The summed E-state index contributed by atoms with van der Waals surface area (Å²) in [5.74, 6) is 0.796. The molecule has 1 heterocycles. The van der Waals surface area contributed by atoms with Gasteiger partial charge in [-0.05, 0) is 62.2 Å². The molecule has 0 aromatic heterocycles. The van der Waals surface area contributed by atoms with Gasteiger partial charge in [0.2, 0.25) is 0 Å². The third-order valence-corrected chi connectivity index (χ3v) is 5.15. The Morgan fingerprint density at radius 1 is 1.22 bits per heavy atom. The molecule has 0 radical (unpaired) electrons. The van der Waals surface area contributed by atoms with Crippen molar-refractivity contribution in [2.75, 3.05) is 25.6 Å². The fourth-order valence-corrected chi connectivity index (χ4v) is 3.63. The van der Waals surface area contributed by atoms with Crippen LogP contribution in [0.5, 0.6) is 5.75 Å². The van der Waals surface area contributed by atoms with Gasteiger partial charge in [0.25, 0.3) is 0 Å². The van der Waals surface area contributed by atoms with Crippen LogP contribution in [0.4, 0.5) is 5.69 Å². The lowest BCUT2D eigenvalue weighted by molar-refractivity contribution is 0.0905. The molecule has 1 unspecified atom stereocenters. The van der Waals surface area contributed by atoms with Gasteiger partial charge < -0.3 is 19.7 Å². The summed E-state index contributed by atoms with van der Waals surface area (Å²) in [6.07, 6.45) is 2.44. The Kier molecular flexibility index (Phi) is 6.69. The van der Waals surface area contributed by atoms with E-state index in [0.717, 1.165) is 49.5 Å². The summed E-state index contributed by atoms with van der Waals surface area (Å²) in [5, 5.41) is 4.06. The molecule has 1 N–H and O–H groups in total. The van der Waals surface area contributed by atoms with Gasteiger partial charge in [-0.3, -0.25) is 0 Å². The van der Waals surface area contributed by atoms with Gasteiger partial charge in [0.15, 0.2) is 5.11 Å². The minimum Gasteiger partial charge on any atom is -0.495 e. The van der Waals surface area contributed by atoms with Gasteiger partial charge in [-0.15, -0.1) is 0 Å². The van der Waals surface area contributed by atoms with Crippen LogP contribution >= 0.6 is 12.2 Å². The average Bonchev–Trinajstić information content (AvgIpc) is 3.15. The number of benzene rings is 2. The zero-order valence-corrected chi connectivity index (χ0v) is 17.1. The van der Waals surface area contributed by atoms with Gasteiger partial charge in [-0.25, -0.2) is 0 Å². The van der Waals surface area contributed by atoms with Crippen LogP contribution in [0, 0.1) is 13.8 Å². The van der Waals surface area contributed by atoms with E-state index in [-0.39, 0.29) is 6.10 Å². The molecule has 2 aromatic carbocycles. The highest BCUT2D eigenvalue weighted by Gasteiger charge is 2.21.